The van der Waals surface area contributed by atoms with Crippen LogP contribution in [0.15, 0.2) is 42.9 Å². The summed E-state index contributed by atoms with van der Waals surface area (Å²) in [5, 5.41) is 3.18. The standard InChI is InChI=1S/C12H12ClN3/c1-9(13)10-4-2-3-5-11(10)16-12-6-7-14-8-15-12/h2-9H,1H3,(H,14,15,16). The molecule has 16 heavy (non-hydrogen) atoms. The summed E-state index contributed by atoms with van der Waals surface area (Å²) >= 11 is 6.10. The number of nitrogens with one attached hydrogen (secondary N) is 1. The second-order valence-corrected chi connectivity index (χ2v) is 4.08. The quantitative estimate of drug-likeness (QED) is 0.825. The molecule has 1 unspecified atom stereocenters. The van der Waals surface area contributed by atoms with Crippen molar-refractivity contribution in [1.29, 1.82) is 0 Å². The molecular weight excluding hydrogens is 222 g/mol. The number of aromatic nitrogens is 2. The molecule has 1 aromatic heterocycles. The van der Waals surface area contributed by atoms with Crippen LogP contribution in [0.4, 0.5) is 11.5 Å². The number of rotatable bonds is 3. The van der Waals surface area contributed by atoms with Gasteiger partial charge in [0.25, 0.3) is 0 Å². The zero-order chi connectivity index (χ0) is 11.4. The van der Waals surface area contributed by atoms with E-state index in [1.165, 1.54) is 6.33 Å². The molecule has 0 bridgehead atoms. The molecule has 0 amide bonds. The molecular formula is C12H12ClN3. The fourth-order valence-corrected chi connectivity index (χ4v) is 1.65. The number of para-hydroxylation sites is 1. The van der Waals surface area contributed by atoms with Gasteiger partial charge in [0.2, 0.25) is 0 Å². The molecule has 0 aliphatic rings. The number of alkyl halides is 1. The zero-order valence-corrected chi connectivity index (χ0v) is 9.65. The van der Waals surface area contributed by atoms with Crippen molar-refractivity contribution in [1.82, 2.24) is 9.97 Å². The van der Waals surface area contributed by atoms with Gasteiger partial charge in [0.1, 0.15) is 12.1 Å². The van der Waals surface area contributed by atoms with E-state index in [0.717, 1.165) is 17.1 Å². The Labute approximate surface area is 99.5 Å². The normalized spacial score (nSPS) is 12.1. The van der Waals surface area contributed by atoms with Crippen molar-refractivity contribution in [3.05, 3.63) is 48.4 Å². The zero-order valence-electron chi connectivity index (χ0n) is 8.89. The summed E-state index contributed by atoms with van der Waals surface area (Å²) < 4.78 is 0. The highest BCUT2D eigenvalue weighted by Gasteiger charge is 2.07. The molecule has 82 valence electrons. The predicted molar refractivity (Wildman–Crippen MR) is 66.0 cm³/mol. The summed E-state index contributed by atoms with van der Waals surface area (Å²) in [5.41, 5.74) is 2.03. The molecule has 1 aromatic carbocycles. The molecule has 0 radical (unpaired) electrons. The Kier molecular flexibility index (Phi) is 3.37. The third-order valence-corrected chi connectivity index (χ3v) is 2.47. The maximum Gasteiger partial charge on any atom is 0.133 e. The topological polar surface area (TPSA) is 37.8 Å². The van der Waals surface area contributed by atoms with Crippen molar-refractivity contribution in [2.24, 2.45) is 0 Å². The van der Waals surface area contributed by atoms with Gasteiger partial charge in [0, 0.05) is 11.9 Å². The molecule has 2 aromatic rings. The lowest BCUT2D eigenvalue weighted by Crippen LogP contribution is -1.98. The van der Waals surface area contributed by atoms with Gasteiger partial charge in [-0.25, -0.2) is 9.97 Å². The summed E-state index contributed by atoms with van der Waals surface area (Å²) in [6.45, 7) is 1.95. The van der Waals surface area contributed by atoms with Crippen LogP contribution in [0, 0.1) is 0 Å². The average molecular weight is 234 g/mol. The van der Waals surface area contributed by atoms with E-state index in [0.29, 0.717) is 0 Å². The van der Waals surface area contributed by atoms with Crippen molar-refractivity contribution in [3.63, 3.8) is 0 Å². The van der Waals surface area contributed by atoms with Crippen LogP contribution in [0.25, 0.3) is 0 Å². The van der Waals surface area contributed by atoms with Gasteiger partial charge < -0.3 is 5.32 Å². The van der Waals surface area contributed by atoms with Gasteiger partial charge in [-0.15, -0.1) is 11.6 Å². The van der Waals surface area contributed by atoms with Crippen molar-refractivity contribution in [2.75, 3.05) is 5.32 Å². The molecule has 1 heterocycles. The first kappa shape index (κ1) is 10.9. The number of halogens is 1. The van der Waals surface area contributed by atoms with Crippen LogP contribution < -0.4 is 5.32 Å². The molecule has 0 saturated carbocycles. The van der Waals surface area contributed by atoms with E-state index in [1.807, 2.05) is 37.3 Å². The lowest BCUT2D eigenvalue weighted by Gasteiger charge is -2.12. The van der Waals surface area contributed by atoms with Crippen LogP contribution in [-0.4, -0.2) is 9.97 Å². The minimum atomic E-state index is -0.0365. The van der Waals surface area contributed by atoms with Gasteiger partial charge in [0.05, 0.1) is 5.38 Å². The monoisotopic (exact) mass is 233 g/mol. The highest BCUT2D eigenvalue weighted by molar-refractivity contribution is 6.21. The summed E-state index contributed by atoms with van der Waals surface area (Å²) in [6.07, 6.45) is 3.21. The Morgan fingerprint density at radius 2 is 2.06 bits per heavy atom. The van der Waals surface area contributed by atoms with Gasteiger partial charge in [-0.05, 0) is 24.6 Å². The molecule has 2 rings (SSSR count). The molecule has 3 nitrogen and oxygen atoms in total. The van der Waals surface area contributed by atoms with Crippen molar-refractivity contribution in [2.45, 2.75) is 12.3 Å². The minimum absolute atomic E-state index is 0.0365. The maximum absolute atomic E-state index is 6.10. The predicted octanol–water partition coefficient (Wildman–Crippen LogP) is 3.52. The van der Waals surface area contributed by atoms with Crippen LogP contribution in [0.5, 0.6) is 0 Å². The maximum atomic E-state index is 6.10. The van der Waals surface area contributed by atoms with Gasteiger partial charge in [-0.3, -0.25) is 0 Å². The lowest BCUT2D eigenvalue weighted by molar-refractivity contribution is 1.08. The minimum Gasteiger partial charge on any atom is -0.340 e. The fourth-order valence-electron chi connectivity index (χ4n) is 1.46. The highest BCUT2D eigenvalue weighted by atomic mass is 35.5. The molecule has 1 atom stereocenters. The third-order valence-electron chi connectivity index (χ3n) is 2.23. The Morgan fingerprint density at radius 1 is 1.25 bits per heavy atom. The first-order valence-corrected chi connectivity index (χ1v) is 5.47. The molecule has 1 N–H and O–H groups in total. The number of nitrogens with zero attached hydrogens (tertiary/aromatic N) is 2. The first-order chi connectivity index (χ1) is 7.77. The van der Waals surface area contributed by atoms with Crippen LogP contribution in [-0.2, 0) is 0 Å². The second kappa shape index (κ2) is 4.94. The Bertz CT molecular complexity index is 457. The molecule has 0 fully saturated rings. The molecule has 0 aliphatic carbocycles. The molecule has 0 aliphatic heterocycles. The van der Waals surface area contributed by atoms with E-state index < -0.39 is 0 Å². The van der Waals surface area contributed by atoms with Crippen molar-refractivity contribution in [3.8, 4) is 0 Å². The van der Waals surface area contributed by atoms with Gasteiger partial charge in [-0.2, -0.15) is 0 Å². The van der Waals surface area contributed by atoms with Gasteiger partial charge >= 0.3 is 0 Å². The summed E-state index contributed by atoms with van der Waals surface area (Å²) in [4.78, 5) is 7.98. The Hall–Kier alpha value is -1.61. The van der Waals surface area contributed by atoms with E-state index >= 15 is 0 Å². The van der Waals surface area contributed by atoms with E-state index in [9.17, 15) is 0 Å². The van der Waals surface area contributed by atoms with Crippen LogP contribution in [0.1, 0.15) is 17.9 Å². The van der Waals surface area contributed by atoms with E-state index in [4.69, 9.17) is 11.6 Å². The van der Waals surface area contributed by atoms with E-state index in [2.05, 4.69) is 15.3 Å². The van der Waals surface area contributed by atoms with Crippen LogP contribution in [0.2, 0.25) is 0 Å². The molecule has 0 spiro atoms. The van der Waals surface area contributed by atoms with Crippen LogP contribution >= 0.6 is 11.6 Å². The smallest absolute Gasteiger partial charge is 0.133 e. The number of hydrogen-bond donors (Lipinski definition) is 1. The Morgan fingerprint density at radius 3 is 2.75 bits per heavy atom. The van der Waals surface area contributed by atoms with Gasteiger partial charge in [0.15, 0.2) is 0 Å². The van der Waals surface area contributed by atoms with E-state index in [-0.39, 0.29) is 5.38 Å². The SMILES string of the molecule is CC(Cl)c1ccccc1Nc1ccncn1. The van der Waals surface area contributed by atoms with E-state index in [1.54, 1.807) is 6.20 Å². The fraction of sp³-hybridized carbons (Fsp3) is 0.167. The summed E-state index contributed by atoms with van der Waals surface area (Å²) in [7, 11) is 0. The number of anilines is 2. The third kappa shape index (κ3) is 2.49. The summed E-state index contributed by atoms with van der Waals surface area (Å²) in [5.74, 6) is 0.764. The Balaban J connectivity index is 2.28. The molecule has 0 saturated heterocycles. The number of benzene rings is 1. The second-order valence-electron chi connectivity index (χ2n) is 3.42. The molecule has 4 heteroatoms. The van der Waals surface area contributed by atoms with Crippen molar-refractivity contribution >= 4 is 23.1 Å². The van der Waals surface area contributed by atoms with Crippen LogP contribution in [0.3, 0.4) is 0 Å². The van der Waals surface area contributed by atoms with Crippen molar-refractivity contribution < 1.29 is 0 Å². The lowest BCUT2D eigenvalue weighted by atomic mass is 10.1. The first-order valence-electron chi connectivity index (χ1n) is 5.03. The summed E-state index contributed by atoms with van der Waals surface area (Å²) in [6, 6.07) is 9.73. The average Bonchev–Trinajstić information content (AvgIpc) is 2.31. The largest absolute Gasteiger partial charge is 0.340 e. The van der Waals surface area contributed by atoms with Gasteiger partial charge in [-0.1, -0.05) is 18.2 Å². The number of hydrogen-bond acceptors (Lipinski definition) is 3. The highest BCUT2D eigenvalue weighted by Crippen LogP contribution is 2.28.